The first-order chi connectivity index (χ1) is 13.8. The third kappa shape index (κ3) is 4.03. The molecule has 3 rings (SSSR count). The van der Waals surface area contributed by atoms with Gasteiger partial charge >= 0.3 is 5.97 Å². The molecule has 2 atom stereocenters. The summed E-state index contributed by atoms with van der Waals surface area (Å²) in [6.45, 7) is 4.87. The third-order valence-corrected chi connectivity index (χ3v) is 4.85. The van der Waals surface area contributed by atoms with Gasteiger partial charge in [-0.1, -0.05) is 31.2 Å². The Hall–Kier alpha value is -3.48. The highest BCUT2D eigenvalue weighted by molar-refractivity contribution is 6.22. The van der Waals surface area contributed by atoms with Crippen molar-refractivity contribution in [2.45, 2.75) is 39.3 Å². The number of anilines is 1. The summed E-state index contributed by atoms with van der Waals surface area (Å²) in [4.78, 5) is 50.6. The molecule has 2 aromatic rings. The minimum Gasteiger partial charge on any atom is -0.451 e. The lowest BCUT2D eigenvalue weighted by molar-refractivity contribution is -0.156. The fourth-order valence-electron chi connectivity index (χ4n) is 3.06. The van der Waals surface area contributed by atoms with E-state index in [9.17, 15) is 19.2 Å². The number of nitrogens with one attached hydrogen (secondary N) is 1. The van der Waals surface area contributed by atoms with Gasteiger partial charge in [0, 0.05) is 5.69 Å². The molecular formula is C22H22N2O5. The smallest absolute Gasteiger partial charge is 0.329 e. The normalized spacial score (nSPS) is 14.9. The second-order valence-corrected chi connectivity index (χ2v) is 6.82. The molecule has 0 unspecified atom stereocenters. The first kappa shape index (κ1) is 20.3. The minimum absolute atomic E-state index is 0.249. The summed E-state index contributed by atoms with van der Waals surface area (Å²) >= 11 is 0. The molecule has 0 aliphatic carbocycles. The number of imide groups is 1. The predicted molar refractivity (Wildman–Crippen MR) is 106 cm³/mol. The Morgan fingerprint density at radius 1 is 0.966 bits per heavy atom. The summed E-state index contributed by atoms with van der Waals surface area (Å²) in [5.41, 5.74) is 2.22. The highest BCUT2D eigenvalue weighted by Crippen LogP contribution is 2.25. The molecular weight excluding hydrogens is 372 g/mol. The Morgan fingerprint density at radius 2 is 1.52 bits per heavy atom. The van der Waals surface area contributed by atoms with Crippen molar-refractivity contribution >= 4 is 29.4 Å². The van der Waals surface area contributed by atoms with Gasteiger partial charge in [0.25, 0.3) is 17.7 Å². The summed E-state index contributed by atoms with van der Waals surface area (Å²) in [7, 11) is 0. The van der Waals surface area contributed by atoms with Crippen molar-refractivity contribution in [2.24, 2.45) is 0 Å². The maximum absolute atomic E-state index is 12.5. The van der Waals surface area contributed by atoms with E-state index in [4.69, 9.17) is 4.74 Å². The molecule has 0 radical (unpaired) electrons. The van der Waals surface area contributed by atoms with Crippen LogP contribution >= 0.6 is 0 Å². The maximum atomic E-state index is 12.5. The zero-order valence-electron chi connectivity index (χ0n) is 16.5. The highest BCUT2D eigenvalue weighted by Gasteiger charge is 2.41. The molecule has 0 aromatic heterocycles. The monoisotopic (exact) mass is 394 g/mol. The van der Waals surface area contributed by atoms with E-state index in [-0.39, 0.29) is 11.1 Å². The van der Waals surface area contributed by atoms with Crippen LogP contribution in [-0.2, 0) is 20.7 Å². The van der Waals surface area contributed by atoms with Crippen molar-refractivity contribution in [3.05, 3.63) is 65.2 Å². The van der Waals surface area contributed by atoms with Crippen molar-refractivity contribution < 1.29 is 23.9 Å². The summed E-state index contributed by atoms with van der Waals surface area (Å²) in [6, 6.07) is 12.6. The number of hydrogen-bond donors (Lipinski definition) is 1. The number of rotatable bonds is 6. The zero-order chi connectivity index (χ0) is 21.1. The minimum atomic E-state index is -1.15. The van der Waals surface area contributed by atoms with Gasteiger partial charge in [-0.25, -0.2) is 4.79 Å². The fraction of sp³-hybridized carbons (Fsp3) is 0.273. The molecule has 7 heteroatoms. The van der Waals surface area contributed by atoms with Crippen LogP contribution in [0.5, 0.6) is 0 Å². The molecule has 0 fully saturated rings. The van der Waals surface area contributed by atoms with Crippen LogP contribution in [0.4, 0.5) is 5.69 Å². The largest absolute Gasteiger partial charge is 0.451 e. The number of carbonyl (C=O) groups is 4. The van der Waals surface area contributed by atoms with Gasteiger partial charge in [-0.05, 0) is 50.1 Å². The van der Waals surface area contributed by atoms with E-state index < -0.39 is 35.8 Å². The van der Waals surface area contributed by atoms with Crippen LogP contribution in [0.1, 0.15) is 47.1 Å². The van der Waals surface area contributed by atoms with Crippen LogP contribution in [0.3, 0.4) is 0 Å². The molecule has 3 amide bonds. The van der Waals surface area contributed by atoms with Gasteiger partial charge in [-0.3, -0.25) is 19.3 Å². The van der Waals surface area contributed by atoms with Gasteiger partial charge in [0.05, 0.1) is 11.1 Å². The molecule has 0 spiro atoms. The molecule has 1 aliphatic heterocycles. The summed E-state index contributed by atoms with van der Waals surface area (Å²) < 4.78 is 5.20. The molecule has 7 nitrogen and oxygen atoms in total. The van der Waals surface area contributed by atoms with E-state index in [2.05, 4.69) is 5.32 Å². The molecule has 1 aliphatic rings. The standard InChI is InChI=1S/C22H22N2O5/c1-4-15-9-11-16(12-10-15)23-19(25)14(3)29-22(28)13(2)24-20(26)17-7-5-6-8-18(17)21(24)27/h5-14H,4H2,1-3H3,(H,23,25)/t13-,14+/m0/s1. The molecule has 150 valence electrons. The Balaban J connectivity index is 1.62. The predicted octanol–water partition coefficient (Wildman–Crippen LogP) is 2.80. The summed E-state index contributed by atoms with van der Waals surface area (Å²) in [6.07, 6.45) is -0.205. The number of amides is 3. The SMILES string of the molecule is CCc1ccc(NC(=O)[C@@H](C)OC(=O)[C@H](C)N2C(=O)c3ccccc3C2=O)cc1. The molecule has 0 saturated carbocycles. The quantitative estimate of drug-likeness (QED) is 0.601. The number of nitrogens with zero attached hydrogens (tertiary/aromatic N) is 1. The Kier molecular flexibility index (Phi) is 5.77. The first-order valence-corrected chi connectivity index (χ1v) is 9.40. The van der Waals surface area contributed by atoms with Gasteiger partial charge in [0.15, 0.2) is 6.10 Å². The van der Waals surface area contributed by atoms with Crippen molar-refractivity contribution in [1.82, 2.24) is 4.90 Å². The maximum Gasteiger partial charge on any atom is 0.329 e. The van der Waals surface area contributed by atoms with Gasteiger partial charge < -0.3 is 10.1 Å². The van der Waals surface area contributed by atoms with Crippen molar-refractivity contribution in [1.29, 1.82) is 0 Å². The zero-order valence-corrected chi connectivity index (χ0v) is 16.5. The van der Waals surface area contributed by atoms with Crippen LogP contribution in [0.2, 0.25) is 0 Å². The molecule has 0 bridgehead atoms. The van der Waals surface area contributed by atoms with Crippen LogP contribution in [0, 0.1) is 0 Å². The third-order valence-electron chi connectivity index (χ3n) is 4.85. The number of ether oxygens (including phenoxy) is 1. The van der Waals surface area contributed by atoms with E-state index in [0.29, 0.717) is 5.69 Å². The number of fused-ring (bicyclic) bond motifs is 1. The van der Waals surface area contributed by atoms with Gasteiger partial charge in [-0.15, -0.1) is 0 Å². The van der Waals surface area contributed by atoms with Crippen molar-refractivity contribution in [2.75, 3.05) is 5.32 Å². The molecule has 1 heterocycles. The van der Waals surface area contributed by atoms with Crippen LogP contribution in [-0.4, -0.2) is 40.7 Å². The molecule has 29 heavy (non-hydrogen) atoms. The second kappa shape index (κ2) is 8.26. The Morgan fingerprint density at radius 3 is 2.03 bits per heavy atom. The van der Waals surface area contributed by atoms with E-state index in [1.54, 1.807) is 24.3 Å². The molecule has 0 saturated heterocycles. The van der Waals surface area contributed by atoms with Gasteiger partial charge in [0.1, 0.15) is 6.04 Å². The average Bonchev–Trinajstić information content (AvgIpc) is 2.98. The number of aryl methyl sites for hydroxylation is 1. The number of hydrogen-bond acceptors (Lipinski definition) is 5. The molecule has 1 N–H and O–H groups in total. The number of benzene rings is 2. The summed E-state index contributed by atoms with van der Waals surface area (Å²) in [5.74, 6) is -2.44. The van der Waals surface area contributed by atoms with Crippen LogP contribution in [0.15, 0.2) is 48.5 Å². The lowest BCUT2D eigenvalue weighted by atomic mass is 10.1. The van der Waals surface area contributed by atoms with E-state index in [1.165, 1.54) is 26.0 Å². The average molecular weight is 394 g/mol. The number of esters is 1. The summed E-state index contributed by atoms with van der Waals surface area (Å²) in [5, 5.41) is 2.67. The highest BCUT2D eigenvalue weighted by atomic mass is 16.5. The topological polar surface area (TPSA) is 92.8 Å². The van der Waals surface area contributed by atoms with E-state index >= 15 is 0 Å². The van der Waals surface area contributed by atoms with E-state index in [0.717, 1.165) is 16.9 Å². The van der Waals surface area contributed by atoms with Crippen molar-refractivity contribution in [3.63, 3.8) is 0 Å². The van der Waals surface area contributed by atoms with Crippen LogP contribution in [0.25, 0.3) is 0 Å². The van der Waals surface area contributed by atoms with E-state index in [1.807, 2.05) is 19.1 Å². The van der Waals surface area contributed by atoms with Crippen LogP contribution < -0.4 is 5.32 Å². The van der Waals surface area contributed by atoms with Gasteiger partial charge in [0.2, 0.25) is 0 Å². The van der Waals surface area contributed by atoms with Crippen molar-refractivity contribution in [3.8, 4) is 0 Å². The lowest BCUT2D eigenvalue weighted by Crippen LogP contribution is -2.45. The second-order valence-electron chi connectivity index (χ2n) is 6.82. The first-order valence-electron chi connectivity index (χ1n) is 9.40. The Bertz CT molecular complexity index is 932. The number of carbonyl (C=O) groups excluding carboxylic acids is 4. The van der Waals surface area contributed by atoms with Gasteiger partial charge in [-0.2, -0.15) is 0 Å². The Labute approximate surface area is 168 Å². The molecule has 2 aromatic carbocycles. The fourth-order valence-corrected chi connectivity index (χ4v) is 3.06. The lowest BCUT2D eigenvalue weighted by Gasteiger charge is -2.22.